The van der Waals surface area contributed by atoms with Crippen LogP contribution < -0.4 is 5.32 Å². The number of hydrogen-bond acceptors (Lipinski definition) is 3. The Hall–Kier alpha value is -3.48. The number of imidazole rings is 1. The van der Waals surface area contributed by atoms with Crippen molar-refractivity contribution in [2.24, 2.45) is 0 Å². The van der Waals surface area contributed by atoms with Gasteiger partial charge in [-0.15, -0.1) is 0 Å². The van der Waals surface area contributed by atoms with Crippen LogP contribution in [0.1, 0.15) is 33.7 Å². The summed E-state index contributed by atoms with van der Waals surface area (Å²) in [6.07, 6.45) is 4.63. The smallest absolute Gasteiger partial charge is 0.255 e. The number of amides is 1. The van der Waals surface area contributed by atoms with E-state index in [9.17, 15) is 13.6 Å². The number of carbonyl (C=O) groups is 1. The number of benzene rings is 2. The summed E-state index contributed by atoms with van der Waals surface area (Å²) in [5.74, 6) is -0.618. The molecule has 1 unspecified atom stereocenters. The van der Waals surface area contributed by atoms with Crippen LogP contribution in [-0.4, -0.2) is 21.5 Å². The van der Waals surface area contributed by atoms with Gasteiger partial charge < -0.3 is 14.3 Å². The number of aromatic nitrogens is 2. The first-order valence-electron chi connectivity index (χ1n) is 10.2. The van der Waals surface area contributed by atoms with E-state index in [0.29, 0.717) is 29.8 Å². The highest BCUT2D eigenvalue weighted by atomic mass is 19.1. The molecule has 0 spiro atoms. The Morgan fingerprint density at radius 3 is 2.81 bits per heavy atom. The highest BCUT2D eigenvalue weighted by Crippen LogP contribution is 2.27. The topological polar surface area (TPSA) is 60.1 Å². The quantitative estimate of drug-likeness (QED) is 0.510. The third-order valence-electron chi connectivity index (χ3n) is 5.97. The van der Waals surface area contributed by atoms with Gasteiger partial charge in [0.25, 0.3) is 5.91 Å². The molecule has 0 bridgehead atoms. The Bertz CT molecular complexity index is 1320. The van der Waals surface area contributed by atoms with E-state index in [1.54, 1.807) is 6.20 Å². The number of fused-ring (bicyclic) bond motifs is 2. The van der Waals surface area contributed by atoms with Gasteiger partial charge in [-0.05, 0) is 55.7 Å². The highest BCUT2D eigenvalue weighted by molar-refractivity contribution is 6.06. The minimum absolute atomic E-state index is 0.0865. The second-order valence-electron chi connectivity index (χ2n) is 8.11. The van der Waals surface area contributed by atoms with Gasteiger partial charge in [-0.3, -0.25) is 4.79 Å². The van der Waals surface area contributed by atoms with Crippen molar-refractivity contribution >= 4 is 16.9 Å². The van der Waals surface area contributed by atoms with Crippen molar-refractivity contribution in [1.29, 1.82) is 0 Å². The van der Waals surface area contributed by atoms with Gasteiger partial charge in [0, 0.05) is 42.2 Å². The van der Waals surface area contributed by atoms with E-state index in [1.807, 2.05) is 30.5 Å². The van der Waals surface area contributed by atoms with Crippen LogP contribution >= 0.6 is 0 Å². The molecule has 2 aromatic heterocycles. The van der Waals surface area contributed by atoms with Crippen molar-refractivity contribution in [1.82, 2.24) is 14.9 Å². The first kappa shape index (κ1) is 19.5. The minimum Gasteiger partial charge on any atom is -0.463 e. The van der Waals surface area contributed by atoms with Crippen LogP contribution in [0.3, 0.4) is 0 Å². The average molecular weight is 421 g/mol. The van der Waals surface area contributed by atoms with E-state index in [4.69, 9.17) is 4.42 Å². The van der Waals surface area contributed by atoms with Gasteiger partial charge in [-0.2, -0.15) is 0 Å². The molecule has 2 aromatic carbocycles. The van der Waals surface area contributed by atoms with E-state index in [0.717, 1.165) is 34.8 Å². The van der Waals surface area contributed by atoms with Crippen molar-refractivity contribution < 1.29 is 18.0 Å². The summed E-state index contributed by atoms with van der Waals surface area (Å²) in [5.41, 5.74) is 4.15. The molecular formula is C24H21F2N3O2. The minimum atomic E-state index is -0.641. The molecule has 1 N–H and O–H groups in total. The van der Waals surface area contributed by atoms with Crippen molar-refractivity contribution in [2.75, 3.05) is 0 Å². The van der Waals surface area contributed by atoms with Crippen molar-refractivity contribution in [3.8, 4) is 11.3 Å². The predicted molar refractivity (Wildman–Crippen MR) is 113 cm³/mol. The predicted octanol–water partition coefficient (Wildman–Crippen LogP) is 4.94. The van der Waals surface area contributed by atoms with Crippen molar-refractivity contribution in [3.05, 3.63) is 76.9 Å². The Kier molecular flexibility index (Phi) is 4.61. The number of nitrogens with one attached hydrogen (secondary N) is 1. The standard InChI is InChI=1S/C24H21F2N3O2/c1-13-7-18-19(12-31-22(18)8-14(13)2)24(30)27-16-4-6-23-28-21(11-29(23)10-16)17-5-3-15(25)9-20(17)26/h3,5,7-9,11-12,16H,4,6,10H2,1-2H3,(H,27,30). The first-order valence-corrected chi connectivity index (χ1v) is 10.2. The lowest BCUT2D eigenvalue weighted by Crippen LogP contribution is -2.40. The molecule has 5 rings (SSSR count). The highest BCUT2D eigenvalue weighted by Gasteiger charge is 2.24. The fourth-order valence-corrected chi connectivity index (χ4v) is 4.11. The normalized spacial score (nSPS) is 15.8. The van der Waals surface area contributed by atoms with Gasteiger partial charge >= 0.3 is 0 Å². The number of carbonyl (C=O) groups excluding carboxylic acids is 1. The summed E-state index contributed by atoms with van der Waals surface area (Å²) in [7, 11) is 0. The lowest BCUT2D eigenvalue weighted by molar-refractivity contribution is 0.0928. The SMILES string of the molecule is Cc1cc2occ(C(=O)NC3CCc4nc(-c5ccc(F)cc5F)cn4C3)c2cc1C. The lowest BCUT2D eigenvalue weighted by atomic mass is 10.0. The number of furan rings is 1. The summed E-state index contributed by atoms with van der Waals surface area (Å²) in [6.45, 7) is 4.55. The molecule has 7 heteroatoms. The molecule has 3 heterocycles. The maximum atomic E-state index is 14.1. The first-order chi connectivity index (χ1) is 14.9. The zero-order valence-corrected chi connectivity index (χ0v) is 17.2. The fraction of sp³-hybridized carbons (Fsp3) is 0.250. The Morgan fingerprint density at radius 2 is 2.00 bits per heavy atom. The molecule has 1 amide bonds. The maximum absolute atomic E-state index is 14.1. The molecule has 0 aliphatic carbocycles. The Morgan fingerprint density at radius 1 is 1.19 bits per heavy atom. The Balaban J connectivity index is 1.35. The molecule has 5 nitrogen and oxygen atoms in total. The number of aryl methyl sites for hydroxylation is 3. The van der Waals surface area contributed by atoms with Crippen molar-refractivity contribution in [2.45, 2.75) is 39.3 Å². The van der Waals surface area contributed by atoms with Gasteiger partial charge in [-0.25, -0.2) is 13.8 Å². The molecule has 0 fully saturated rings. The molecule has 1 aliphatic rings. The molecular weight excluding hydrogens is 400 g/mol. The van der Waals surface area contributed by atoms with Crippen LogP contribution in [0.4, 0.5) is 8.78 Å². The van der Waals surface area contributed by atoms with Crippen LogP contribution in [-0.2, 0) is 13.0 Å². The van der Waals surface area contributed by atoms with E-state index < -0.39 is 11.6 Å². The molecule has 0 radical (unpaired) electrons. The summed E-state index contributed by atoms with van der Waals surface area (Å²) < 4.78 is 34.8. The number of halogens is 2. The number of nitrogens with zero attached hydrogens (tertiary/aromatic N) is 2. The second kappa shape index (κ2) is 7.34. The second-order valence-corrected chi connectivity index (χ2v) is 8.11. The summed E-state index contributed by atoms with van der Waals surface area (Å²) in [4.78, 5) is 17.4. The molecule has 1 aliphatic heterocycles. The maximum Gasteiger partial charge on any atom is 0.255 e. The molecule has 31 heavy (non-hydrogen) atoms. The van der Waals surface area contributed by atoms with Crippen molar-refractivity contribution in [3.63, 3.8) is 0 Å². The monoisotopic (exact) mass is 421 g/mol. The van der Waals surface area contributed by atoms with Gasteiger partial charge in [0.2, 0.25) is 0 Å². The summed E-state index contributed by atoms with van der Waals surface area (Å²) >= 11 is 0. The Labute approximate surface area is 177 Å². The van der Waals surface area contributed by atoms with E-state index >= 15 is 0 Å². The zero-order chi connectivity index (χ0) is 21.7. The third-order valence-corrected chi connectivity index (χ3v) is 5.97. The molecule has 158 valence electrons. The lowest BCUT2D eigenvalue weighted by Gasteiger charge is -2.24. The van der Waals surface area contributed by atoms with E-state index in [2.05, 4.69) is 10.3 Å². The van der Waals surface area contributed by atoms with Gasteiger partial charge in [0.15, 0.2) is 0 Å². The summed E-state index contributed by atoms with van der Waals surface area (Å²) in [5, 5.41) is 3.88. The molecule has 4 aromatic rings. The number of hydrogen-bond donors (Lipinski definition) is 1. The van der Waals surface area contributed by atoms with Crippen LogP contribution in [0, 0.1) is 25.5 Å². The molecule has 0 saturated heterocycles. The van der Waals surface area contributed by atoms with Crippen LogP contribution in [0.15, 0.2) is 47.2 Å². The van der Waals surface area contributed by atoms with Gasteiger partial charge in [0.05, 0.1) is 11.3 Å². The molecule has 1 atom stereocenters. The van der Waals surface area contributed by atoms with E-state index in [-0.39, 0.29) is 17.5 Å². The molecule has 0 saturated carbocycles. The fourth-order valence-electron chi connectivity index (χ4n) is 4.11. The largest absolute Gasteiger partial charge is 0.463 e. The van der Waals surface area contributed by atoms with Crippen LogP contribution in [0.2, 0.25) is 0 Å². The summed E-state index contributed by atoms with van der Waals surface area (Å²) in [6, 6.07) is 7.30. The third kappa shape index (κ3) is 3.50. The zero-order valence-electron chi connectivity index (χ0n) is 17.2. The van der Waals surface area contributed by atoms with E-state index in [1.165, 1.54) is 18.4 Å². The van der Waals surface area contributed by atoms with Crippen LogP contribution in [0.5, 0.6) is 0 Å². The average Bonchev–Trinajstić information content (AvgIpc) is 3.32. The van der Waals surface area contributed by atoms with Gasteiger partial charge in [-0.1, -0.05) is 0 Å². The number of rotatable bonds is 3. The van der Waals surface area contributed by atoms with Crippen LogP contribution in [0.25, 0.3) is 22.2 Å². The van der Waals surface area contributed by atoms with Gasteiger partial charge in [0.1, 0.15) is 29.3 Å².